The topological polar surface area (TPSA) is 160 Å². The predicted molar refractivity (Wildman–Crippen MR) is 131 cm³/mol. The molecule has 0 saturated heterocycles. The fraction of sp³-hybridized carbons (Fsp3) is 0.261. The molecular formula is C23H27N5O6S. The Labute approximate surface area is 203 Å². The minimum atomic E-state index is -4.10. The van der Waals surface area contributed by atoms with Crippen LogP contribution in [-0.4, -0.2) is 49.4 Å². The van der Waals surface area contributed by atoms with Gasteiger partial charge < -0.3 is 25.1 Å². The summed E-state index contributed by atoms with van der Waals surface area (Å²) in [7, 11) is -1.37. The van der Waals surface area contributed by atoms with E-state index in [1.807, 2.05) is 6.92 Å². The standard InChI is InChI=1S/C23H27N5O6S/c1-5-32-19-11-15(10-17-13-26-23(25)27-22(17)24)12-20(34-35(30,31)28(3)4)21(19)16-6-8-18(9-7-16)33-14(2)29/h6-9,11-13H,5,10H2,1-4H3,(H4,24,25,26,27). The third-order valence-corrected chi connectivity index (χ3v) is 6.07. The van der Waals surface area contributed by atoms with E-state index in [2.05, 4.69) is 9.97 Å². The zero-order chi connectivity index (χ0) is 25.8. The molecule has 12 heteroatoms. The van der Waals surface area contributed by atoms with Crippen LogP contribution in [0.4, 0.5) is 11.8 Å². The number of aromatic nitrogens is 2. The highest BCUT2D eigenvalue weighted by atomic mass is 32.2. The number of ether oxygens (including phenoxy) is 2. The summed E-state index contributed by atoms with van der Waals surface area (Å²) in [4.78, 5) is 19.2. The van der Waals surface area contributed by atoms with Crippen LogP contribution in [0, 0.1) is 0 Å². The summed E-state index contributed by atoms with van der Waals surface area (Å²) in [6.45, 7) is 3.43. The summed E-state index contributed by atoms with van der Waals surface area (Å²) in [6, 6.07) is 9.90. The molecule has 3 rings (SSSR count). The van der Waals surface area contributed by atoms with Gasteiger partial charge in [0.05, 0.1) is 12.2 Å². The molecular weight excluding hydrogens is 474 g/mol. The maximum atomic E-state index is 12.6. The van der Waals surface area contributed by atoms with Gasteiger partial charge in [-0.15, -0.1) is 0 Å². The minimum Gasteiger partial charge on any atom is -0.493 e. The molecule has 11 nitrogen and oxygen atoms in total. The van der Waals surface area contributed by atoms with E-state index < -0.39 is 16.3 Å². The second-order valence-electron chi connectivity index (χ2n) is 7.66. The van der Waals surface area contributed by atoms with E-state index in [1.54, 1.807) is 36.4 Å². The smallest absolute Gasteiger partial charge is 0.384 e. The molecule has 0 spiro atoms. The van der Waals surface area contributed by atoms with Crippen LogP contribution in [0.2, 0.25) is 0 Å². The molecule has 0 radical (unpaired) electrons. The summed E-state index contributed by atoms with van der Waals surface area (Å²) in [6.07, 6.45) is 1.78. The van der Waals surface area contributed by atoms with Crippen molar-refractivity contribution in [1.82, 2.24) is 14.3 Å². The van der Waals surface area contributed by atoms with Crippen molar-refractivity contribution in [3.63, 3.8) is 0 Å². The fourth-order valence-electron chi connectivity index (χ4n) is 3.20. The van der Waals surface area contributed by atoms with E-state index in [-0.39, 0.29) is 23.9 Å². The summed E-state index contributed by atoms with van der Waals surface area (Å²) in [5, 5.41) is 0. The Morgan fingerprint density at radius 2 is 1.74 bits per heavy atom. The maximum absolute atomic E-state index is 12.6. The van der Waals surface area contributed by atoms with E-state index in [0.29, 0.717) is 40.4 Å². The van der Waals surface area contributed by atoms with Gasteiger partial charge in [0.15, 0.2) is 5.75 Å². The molecule has 2 aromatic carbocycles. The lowest BCUT2D eigenvalue weighted by Gasteiger charge is -2.19. The molecule has 1 heterocycles. The van der Waals surface area contributed by atoms with E-state index in [9.17, 15) is 13.2 Å². The van der Waals surface area contributed by atoms with Crippen molar-refractivity contribution in [2.24, 2.45) is 0 Å². The number of hydrogen-bond donors (Lipinski definition) is 2. The number of esters is 1. The number of nitrogen functional groups attached to an aromatic ring is 2. The normalized spacial score (nSPS) is 11.3. The van der Waals surface area contributed by atoms with Crippen LogP contribution < -0.4 is 25.1 Å². The molecule has 0 aliphatic rings. The van der Waals surface area contributed by atoms with E-state index >= 15 is 0 Å². The lowest BCUT2D eigenvalue weighted by atomic mass is 9.98. The van der Waals surface area contributed by atoms with Crippen LogP contribution in [0.15, 0.2) is 42.6 Å². The number of nitrogens with two attached hydrogens (primary N) is 2. The van der Waals surface area contributed by atoms with Crippen molar-refractivity contribution in [3.8, 4) is 28.4 Å². The van der Waals surface area contributed by atoms with Gasteiger partial charge in [-0.25, -0.2) is 4.98 Å². The zero-order valence-corrected chi connectivity index (χ0v) is 20.6. The maximum Gasteiger partial charge on any atom is 0.384 e. The molecule has 0 amide bonds. The van der Waals surface area contributed by atoms with Crippen molar-refractivity contribution in [2.45, 2.75) is 20.3 Å². The zero-order valence-electron chi connectivity index (χ0n) is 19.8. The van der Waals surface area contributed by atoms with Gasteiger partial charge in [-0.05, 0) is 42.3 Å². The number of carbonyl (C=O) groups excluding carboxylic acids is 1. The quantitative estimate of drug-likeness (QED) is 0.329. The Morgan fingerprint density at radius 1 is 1.09 bits per heavy atom. The first kappa shape index (κ1) is 25.7. The monoisotopic (exact) mass is 501 g/mol. The number of rotatable bonds is 9. The average Bonchev–Trinajstić information content (AvgIpc) is 2.76. The SMILES string of the molecule is CCOc1cc(Cc2cnc(N)nc2N)cc(OS(=O)(=O)N(C)C)c1-c1ccc(OC(C)=O)cc1. The van der Waals surface area contributed by atoms with Gasteiger partial charge in [0.1, 0.15) is 17.3 Å². The number of nitrogens with zero attached hydrogens (tertiary/aromatic N) is 3. The Hall–Kier alpha value is -3.90. The molecule has 0 saturated carbocycles. The number of anilines is 2. The second kappa shape index (κ2) is 10.6. The third kappa shape index (κ3) is 6.37. The largest absolute Gasteiger partial charge is 0.493 e. The van der Waals surface area contributed by atoms with Gasteiger partial charge >= 0.3 is 16.3 Å². The highest BCUT2D eigenvalue weighted by Gasteiger charge is 2.23. The van der Waals surface area contributed by atoms with Crippen LogP contribution in [0.3, 0.4) is 0 Å². The summed E-state index contributed by atoms with van der Waals surface area (Å²) in [5.74, 6) is 0.597. The second-order valence-corrected chi connectivity index (χ2v) is 9.41. The van der Waals surface area contributed by atoms with Gasteiger partial charge in [-0.3, -0.25) is 4.79 Å². The molecule has 0 atom stereocenters. The average molecular weight is 502 g/mol. The van der Waals surface area contributed by atoms with E-state index in [1.165, 1.54) is 27.2 Å². The molecule has 0 bridgehead atoms. The molecule has 3 aromatic rings. The van der Waals surface area contributed by atoms with Crippen molar-refractivity contribution >= 4 is 28.0 Å². The van der Waals surface area contributed by atoms with E-state index in [0.717, 1.165) is 4.31 Å². The van der Waals surface area contributed by atoms with Crippen molar-refractivity contribution in [3.05, 3.63) is 53.7 Å². The number of hydrogen-bond acceptors (Lipinski definition) is 10. The van der Waals surface area contributed by atoms with Crippen molar-refractivity contribution in [2.75, 3.05) is 32.2 Å². The highest BCUT2D eigenvalue weighted by Crippen LogP contribution is 2.42. The van der Waals surface area contributed by atoms with Gasteiger partial charge in [0.25, 0.3) is 0 Å². The van der Waals surface area contributed by atoms with Crippen molar-refractivity contribution in [1.29, 1.82) is 0 Å². The van der Waals surface area contributed by atoms with Gasteiger partial charge in [-0.2, -0.15) is 17.7 Å². The van der Waals surface area contributed by atoms with E-state index in [4.69, 9.17) is 25.1 Å². The molecule has 0 aliphatic heterocycles. The number of benzene rings is 2. The highest BCUT2D eigenvalue weighted by molar-refractivity contribution is 7.84. The van der Waals surface area contributed by atoms with Crippen LogP contribution in [0.5, 0.6) is 17.2 Å². The predicted octanol–water partition coefficient (Wildman–Crippen LogP) is 2.41. The minimum absolute atomic E-state index is 0.0508. The Morgan fingerprint density at radius 3 is 2.31 bits per heavy atom. The Bertz CT molecular complexity index is 1330. The first-order valence-corrected chi connectivity index (χ1v) is 11.9. The first-order valence-electron chi connectivity index (χ1n) is 10.6. The van der Waals surface area contributed by atoms with Crippen LogP contribution in [-0.2, 0) is 21.5 Å². The summed E-state index contributed by atoms with van der Waals surface area (Å²) in [5.41, 5.74) is 13.8. The molecule has 0 aliphatic carbocycles. The van der Waals surface area contributed by atoms with Crippen LogP contribution in [0.25, 0.3) is 11.1 Å². The molecule has 0 fully saturated rings. The lowest BCUT2D eigenvalue weighted by Crippen LogP contribution is -2.27. The Balaban J connectivity index is 2.16. The summed E-state index contributed by atoms with van der Waals surface area (Å²) >= 11 is 0. The van der Waals surface area contributed by atoms with Crippen LogP contribution >= 0.6 is 0 Å². The molecule has 35 heavy (non-hydrogen) atoms. The fourth-order valence-corrected chi connectivity index (χ4v) is 3.71. The molecule has 1 aromatic heterocycles. The summed E-state index contributed by atoms with van der Waals surface area (Å²) < 4.78 is 42.7. The van der Waals surface area contributed by atoms with Crippen LogP contribution in [0.1, 0.15) is 25.0 Å². The van der Waals surface area contributed by atoms with Crippen molar-refractivity contribution < 1.29 is 26.9 Å². The molecule has 186 valence electrons. The lowest BCUT2D eigenvalue weighted by molar-refractivity contribution is -0.131. The molecule has 4 N–H and O–H groups in total. The number of carbonyl (C=O) groups is 1. The third-order valence-electron chi connectivity index (χ3n) is 4.78. The Kier molecular flexibility index (Phi) is 7.77. The first-order chi connectivity index (χ1) is 16.5. The molecule has 0 unspecified atom stereocenters. The van der Waals surface area contributed by atoms with Gasteiger partial charge in [0.2, 0.25) is 5.95 Å². The van der Waals surface area contributed by atoms with Gasteiger partial charge in [0, 0.05) is 39.2 Å². The van der Waals surface area contributed by atoms with Gasteiger partial charge in [-0.1, -0.05) is 12.1 Å².